The third kappa shape index (κ3) is 10.7. The molecule has 0 radical (unpaired) electrons. The average Bonchev–Trinajstić information content (AvgIpc) is 2.24. The van der Waals surface area contributed by atoms with Crippen molar-refractivity contribution in [2.24, 2.45) is 5.92 Å². The van der Waals surface area contributed by atoms with E-state index in [4.69, 9.17) is 0 Å². The molecule has 0 rings (SSSR count). The number of nitrogens with zero attached hydrogens (tertiary/aromatic N) is 2. The highest BCUT2D eigenvalue weighted by molar-refractivity contribution is 4.64. The van der Waals surface area contributed by atoms with Crippen molar-refractivity contribution >= 4 is 0 Å². The molecule has 0 aliphatic heterocycles. The lowest BCUT2D eigenvalue weighted by atomic mass is 10.1. The highest BCUT2D eigenvalue weighted by atomic mass is 15.2. The van der Waals surface area contributed by atoms with Gasteiger partial charge in [0, 0.05) is 25.7 Å². The largest absolute Gasteiger partial charge is 0.317 e. The monoisotopic (exact) mass is 243 g/mol. The fraction of sp³-hybridized carbons (Fsp3) is 1.00. The Balaban J connectivity index is 3.84. The van der Waals surface area contributed by atoms with E-state index in [-0.39, 0.29) is 0 Å². The van der Waals surface area contributed by atoms with E-state index in [1.807, 2.05) is 7.05 Å². The van der Waals surface area contributed by atoms with Gasteiger partial charge < -0.3 is 15.1 Å². The van der Waals surface area contributed by atoms with Gasteiger partial charge in [0.05, 0.1) is 0 Å². The van der Waals surface area contributed by atoms with Crippen LogP contribution in [0.2, 0.25) is 0 Å². The summed E-state index contributed by atoms with van der Waals surface area (Å²) in [4.78, 5) is 4.87. The lowest BCUT2D eigenvalue weighted by Gasteiger charge is -2.26. The van der Waals surface area contributed by atoms with Gasteiger partial charge in [0.15, 0.2) is 0 Å². The second-order valence-electron chi connectivity index (χ2n) is 5.83. The molecule has 1 atom stereocenters. The molecule has 1 unspecified atom stereocenters. The van der Waals surface area contributed by atoms with Crippen LogP contribution in [0.25, 0.3) is 0 Å². The van der Waals surface area contributed by atoms with Crippen LogP contribution in [0.5, 0.6) is 0 Å². The second-order valence-corrected chi connectivity index (χ2v) is 5.83. The Morgan fingerprint density at radius 3 is 2.12 bits per heavy atom. The van der Waals surface area contributed by atoms with Crippen LogP contribution in [-0.4, -0.2) is 63.2 Å². The first kappa shape index (κ1) is 16.9. The van der Waals surface area contributed by atoms with Crippen LogP contribution in [-0.2, 0) is 0 Å². The van der Waals surface area contributed by atoms with Gasteiger partial charge in [-0.1, -0.05) is 13.8 Å². The Morgan fingerprint density at radius 2 is 1.65 bits per heavy atom. The maximum Gasteiger partial charge on any atom is 0.0109 e. The maximum atomic E-state index is 3.30. The molecule has 0 saturated carbocycles. The molecule has 1 N–H and O–H groups in total. The summed E-state index contributed by atoms with van der Waals surface area (Å²) in [6.07, 6.45) is 2.56. The minimum Gasteiger partial charge on any atom is -0.317 e. The molecular formula is C14H33N3. The number of hydrogen-bond donors (Lipinski definition) is 1. The summed E-state index contributed by atoms with van der Waals surface area (Å²) < 4.78 is 0. The number of rotatable bonds is 10. The number of nitrogens with one attached hydrogen (secondary N) is 1. The normalized spacial score (nSPS) is 13.9. The highest BCUT2D eigenvalue weighted by Gasteiger charge is 2.08. The highest BCUT2D eigenvalue weighted by Crippen LogP contribution is 2.03. The molecule has 3 nitrogen and oxygen atoms in total. The summed E-state index contributed by atoms with van der Waals surface area (Å²) in [6, 6.07) is 0.643. The molecule has 0 saturated heterocycles. The minimum absolute atomic E-state index is 0.643. The Kier molecular flexibility index (Phi) is 9.79. The Labute approximate surface area is 109 Å². The average molecular weight is 243 g/mol. The molecule has 0 fully saturated rings. The third-order valence-corrected chi connectivity index (χ3v) is 3.09. The van der Waals surface area contributed by atoms with E-state index in [0.717, 1.165) is 12.5 Å². The van der Waals surface area contributed by atoms with Gasteiger partial charge in [0.25, 0.3) is 0 Å². The Hall–Kier alpha value is -0.120. The van der Waals surface area contributed by atoms with E-state index in [2.05, 4.69) is 50.0 Å². The van der Waals surface area contributed by atoms with E-state index in [1.54, 1.807) is 0 Å². The summed E-state index contributed by atoms with van der Waals surface area (Å²) in [5.41, 5.74) is 0. The number of hydrogen-bond acceptors (Lipinski definition) is 3. The molecule has 17 heavy (non-hydrogen) atoms. The summed E-state index contributed by atoms with van der Waals surface area (Å²) in [5.74, 6) is 0.763. The molecule has 0 aliphatic rings. The summed E-state index contributed by atoms with van der Waals surface area (Å²) in [6.45, 7) is 11.7. The first-order valence-electron chi connectivity index (χ1n) is 7.00. The van der Waals surface area contributed by atoms with Crippen molar-refractivity contribution in [3.8, 4) is 0 Å². The van der Waals surface area contributed by atoms with E-state index in [0.29, 0.717) is 6.04 Å². The van der Waals surface area contributed by atoms with Gasteiger partial charge in [-0.3, -0.25) is 0 Å². The minimum atomic E-state index is 0.643. The van der Waals surface area contributed by atoms with Crippen molar-refractivity contribution in [2.75, 3.05) is 47.3 Å². The van der Waals surface area contributed by atoms with Crippen LogP contribution in [0, 0.1) is 5.92 Å². The predicted octanol–water partition coefficient (Wildman–Crippen LogP) is 1.89. The van der Waals surface area contributed by atoms with Crippen LogP contribution in [0.1, 0.15) is 33.6 Å². The van der Waals surface area contributed by atoms with Crippen molar-refractivity contribution in [2.45, 2.75) is 39.7 Å². The molecular weight excluding hydrogens is 210 g/mol. The molecule has 0 aromatic rings. The third-order valence-electron chi connectivity index (χ3n) is 3.09. The molecule has 0 spiro atoms. The van der Waals surface area contributed by atoms with Crippen LogP contribution < -0.4 is 5.32 Å². The van der Waals surface area contributed by atoms with Crippen LogP contribution in [0.3, 0.4) is 0 Å². The molecule has 3 heteroatoms. The van der Waals surface area contributed by atoms with Crippen molar-refractivity contribution in [3.63, 3.8) is 0 Å². The van der Waals surface area contributed by atoms with Crippen molar-refractivity contribution < 1.29 is 0 Å². The fourth-order valence-electron chi connectivity index (χ4n) is 1.92. The second kappa shape index (κ2) is 9.86. The standard InChI is InChI=1S/C14H33N3/c1-13(2)12-17(11-10-16(5)6)9-7-8-14(3)15-4/h13-15H,7-12H2,1-6H3. The van der Waals surface area contributed by atoms with Gasteiger partial charge in [-0.25, -0.2) is 0 Å². The topological polar surface area (TPSA) is 18.5 Å². The lowest BCUT2D eigenvalue weighted by Crippen LogP contribution is -2.35. The van der Waals surface area contributed by atoms with Crippen LogP contribution >= 0.6 is 0 Å². The molecule has 0 aromatic carbocycles. The van der Waals surface area contributed by atoms with Gasteiger partial charge in [0.1, 0.15) is 0 Å². The van der Waals surface area contributed by atoms with Gasteiger partial charge >= 0.3 is 0 Å². The molecule has 0 amide bonds. The number of likely N-dealkylation sites (N-methyl/N-ethyl adjacent to an activating group) is 1. The smallest absolute Gasteiger partial charge is 0.0109 e. The van der Waals surface area contributed by atoms with E-state index in [9.17, 15) is 0 Å². The maximum absolute atomic E-state index is 3.30. The van der Waals surface area contributed by atoms with Crippen molar-refractivity contribution in [1.82, 2.24) is 15.1 Å². The van der Waals surface area contributed by atoms with Crippen molar-refractivity contribution in [3.05, 3.63) is 0 Å². The predicted molar refractivity (Wildman–Crippen MR) is 77.6 cm³/mol. The molecule has 104 valence electrons. The molecule has 0 aromatic heterocycles. The van der Waals surface area contributed by atoms with Gasteiger partial charge in [0.2, 0.25) is 0 Å². The Bertz CT molecular complexity index is 169. The quantitative estimate of drug-likeness (QED) is 0.632. The van der Waals surface area contributed by atoms with Gasteiger partial charge in [-0.15, -0.1) is 0 Å². The lowest BCUT2D eigenvalue weighted by molar-refractivity contribution is 0.213. The first-order valence-corrected chi connectivity index (χ1v) is 7.00. The SMILES string of the molecule is CNC(C)CCCN(CCN(C)C)CC(C)C. The van der Waals surface area contributed by atoms with Gasteiger partial charge in [-0.2, -0.15) is 0 Å². The fourth-order valence-corrected chi connectivity index (χ4v) is 1.92. The molecule has 0 aliphatic carbocycles. The molecule has 0 heterocycles. The summed E-state index contributed by atoms with van der Waals surface area (Å²) >= 11 is 0. The zero-order chi connectivity index (χ0) is 13.3. The van der Waals surface area contributed by atoms with E-state index >= 15 is 0 Å². The van der Waals surface area contributed by atoms with Crippen molar-refractivity contribution in [1.29, 1.82) is 0 Å². The van der Waals surface area contributed by atoms with Crippen LogP contribution in [0.15, 0.2) is 0 Å². The van der Waals surface area contributed by atoms with E-state index in [1.165, 1.54) is 32.5 Å². The summed E-state index contributed by atoms with van der Waals surface area (Å²) in [5, 5.41) is 3.30. The van der Waals surface area contributed by atoms with Crippen LogP contribution in [0.4, 0.5) is 0 Å². The zero-order valence-corrected chi connectivity index (χ0v) is 12.8. The first-order chi connectivity index (χ1) is 7.95. The summed E-state index contributed by atoms with van der Waals surface area (Å²) in [7, 11) is 6.34. The Morgan fingerprint density at radius 1 is 1.00 bits per heavy atom. The zero-order valence-electron chi connectivity index (χ0n) is 12.8. The van der Waals surface area contributed by atoms with Gasteiger partial charge in [-0.05, 0) is 53.4 Å². The van der Waals surface area contributed by atoms with E-state index < -0.39 is 0 Å². The molecule has 0 bridgehead atoms.